The minimum atomic E-state index is 0.228. The summed E-state index contributed by atoms with van der Waals surface area (Å²) < 4.78 is 0. The van der Waals surface area contributed by atoms with Crippen molar-refractivity contribution < 1.29 is 4.79 Å². The van der Waals surface area contributed by atoms with Crippen LogP contribution in [0.25, 0.3) is 0 Å². The van der Waals surface area contributed by atoms with Gasteiger partial charge in [-0.2, -0.15) is 0 Å². The highest BCUT2D eigenvalue weighted by atomic mass is 16.1. The third-order valence-corrected chi connectivity index (χ3v) is 2.56. The first-order valence-corrected chi connectivity index (χ1v) is 6.15. The molecule has 0 aromatic heterocycles. The van der Waals surface area contributed by atoms with Crippen LogP contribution in [0.3, 0.4) is 0 Å². The SMILES string of the molecule is CN(CCC(=O)c1ccccc1)CC(C)(C)C. The number of carbonyl (C=O) groups is 1. The van der Waals surface area contributed by atoms with E-state index in [0.29, 0.717) is 6.42 Å². The summed E-state index contributed by atoms with van der Waals surface area (Å²) in [6.07, 6.45) is 0.594. The number of carbonyl (C=O) groups excluding carboxylic acids is 1. The Morgan fingerprint density at radius 2 is 1.76 bits per heavy atom. The van der Waals surface area contributed by atoms with Crippen LogP contribution in [0.15, 0.2) is 30.3 Å². The summed E-state index contributed by atoms with van der Waals surface area (Å²) in [5, 5.41) is 0. The van der Waals surface area contributed by atoms with Crippen molar-refractivity contribution in [2.45, 2.75) is 27.2 Å². The maximum atomic E-state index is 11.9. The van der Waals surface area contributed by atoms with Gasteiger partial charge in [0.2, 0.25) is 0 Å². The van der Waals surface area contributed by atoms with E-state index in [1.54, 1.807) is 0 Å². The number of Topliss-reactive ketones (excluding diaryl/α,β-unsaturated/α-hetero) is 1. The lowest BCUT2D eigenvalue weighted by molar-refractivity contribution is 0.0961. The second-order valence-corrected chi connectivity index (χ2v) is 5.84. The maximum Gasteiger partial charge on any atom is 0.164 e. The first-order valence-electron chi connectivity index (χ1n) is 6.15. The van der Waals surface area contributed by atoms with Crippen molar-refractivity contribution in [3.05, 3.63) is 35.9 Å². The predicted molar refractivity (Wildman–Crippen MR) is 72.3 cm³/mol. The Bertz CT molecular complexity index is 351. The summed E-state index contributed by atoms with van der Waals surface area (Å²) in [5.74, 6) is 0.228. The number of rotatable bonds is 5. The third kappa shape index (κ3) is 5.64. The molecule has 0 bridgehead atoms. The largest absolute Gasteiger partial charge is 0.305 e. The molecule has 0 saturated heterocycles. The van der Waals surface area contributed by atoms with Crippen LogP contribution in [0.1, 0.15) is 37.6 Å². The van der Waals surface area contributed by atoms with Gasteiger partial charge in [0.15, 0.2) is 5.78 Å². The van der Waals surface area contributed by atoms with Crippen LogP contribution < -0.4 is 0 Å². The fourth-order valence-electron chi connectivity index (χ4n) is 1.95. The molecule has 0 aliphatic carbocycles. The standard InChI is InChI=1S/C15H23NO/c1-15(2,3)12-16(4)11-10-14(17)13-8-6-5-7-9-13/h5-9H,10-12H2,1-4H3. The van der Waals surface area contributed by atoms with Gasteiger partial charge >= 0.3 is 0 Å². The highest BCUT2D eigenvalue weighted by Gasteiger charge is 2.14. The molecule has 0 unspecified atom stereocenters. The second-order valence-electron chi connectivity index (χ2n) is 5.84. The van der Waals surface area contributed by atoms with E-state index < -0.39 is 0 Å². The first kappa shape index (κ1) is 13.9. The molecule has 94 valence electrons. The van der Waals surface area contributed by atoms with Gasteiger partial charge in [-0.1, -0.05) is 51.1 Å². The zero-order valence-corrected chi connectivity index (χ0v) is 11.4. The van der Waals surface area contributed by atoms with Gasteiger partial charge in [-0.05, 0) is 12.5 Å². The zero-order chi connectivity index (χ0) is 12.9. The van der Waals surface area contributed by atoms with Crippen LogP contribution in [-0.4, -0.2) is 30.8 Å². The number of hydrogen-bond donors (Lipinski definition) is 0. The van der Waals surface area contributed by atoms with Gasteiger partial charge in [-0.3, -0.25) is 4.79 Å². The van der Waals surface area contributed by atoms with Crippen molar-refractivity contribution in [1.29, 1.82) is 0 Å². The van der Waals surface area contributed by atoms with Crippen molar-refractivity contribution in [2.24, 2.45) is 5.41 Å². The lowest BCUT2D eigenvalue weighted by atomic mass is 9.96. The number of ketones is 1. The molecule has 0 aliphatic rings. The Morgan fingerprint density at radius 3 is 2.29 bits per heavy atom. The van der Waals surface area contributed by atoms with Crippen LogP contribution in [0, 0.1) is 5.41 Å². The molecule has 0 spiro atoms. The van der Waals surface area contributed by atoms with Crippen LogP contribution in [0.4, 0.5) is 0 Å². The molecular weight excluding hydrogens is 210 g/mol. The summed E-state index contributed by atoms with van der Waals surface area (Å²) >= 11 is 0. The zero-order valence-electron chi connectivity index (χ0n) is 11.4. The van der Waals surface area contributed by atoms with Gasteiger partial charge in [0.05, 0.1) is 0 Å². The Hall–Kier alpha value is -1.15. The fraction of sp³-hybridized carbons (Fsp3) is 0.533. The molecule has 0 saturated carbocycles. The van der Waals surface area contributed by atoms with Gasteiger partial charge in [-0.25, -0.2) is 0 Å². The average Bonchev–Trinajstić information content (AvgIpc) is 2.25. The van der Waals surface area contributed by atoms with Crippen LogP contribution in [0.5, 0.6) is 0 Å². The van der Waals surface area contributed by atoms with E-state index in [0.717, 1.165) is 18.7 Å². The summed E-state index contributed by atoms with van der Waals surface area (Å²) in [7, 11) is 2.07. The van der Waals surface area contributed by atoms with E-state index in [9.17, 15) is 4.79 Å². The molecule has 1 aromatic carbocycles. The van der Waals surface area contributed by atoms with Gasteiger partial charge in [0.1, 0.15) is 0 Å². The second kappa shape index (κ2) is 5.97. The highest BCUT2D eigenvalue weighted by molar-refractivity contribution is 5.96. The number of benzene rings is 1. The monoisotopic (exact) mass is 233 g/mol. The molecule has 0 aliphatic heterocycles. The Labute approximate surface area is 105 Å². The van der Waals surface area contributed by atoms with Gasteiger partial charge in [0, 0.05) is 25.1 Å². The predicted octanol–water partition coefficient (Wildman–Crippen LogP) is 3.24. The van der Waals surface area contributed by atoms with Gasteiger partial charge in [-0.15, -0.1) is 0 Å². The van der Waals surface area contributed by atoms with Crippen LogP contribution in [0.2, 0.25) is 0 Å². The Morgan fingerprint density at radius 1 is 1.18 bits per heavy atom. The van der Waals surface area contributed by atoms with Crippen LogP contribution in [-0.2, 0) is 0 Å². The first-order chi connectivity index (χ1) is 7.88. The van der Waals surface area contributed by atoms with Crippen molar-refractivity contribution in [3.8, 4) is 0 Å². The molecule has 0 fully saturated rings. The molecule has 0 heterocycles. The molecule has 1 rings (SSSR count). The molecule has 17 heavy (non-hydrogen) atoms. The molecule has 1 aromatic rings. The summed E-state index contributed by atoms with van der Waals surface area (Å²) in [6, 6.07) is 9.51. The van der Waals surface area contributed by atoms with Crippen molar-refractivity contribution in [3.63, 3.8) is 0 Å². The van der Waals surface area contributed by atoms with E-state index in [1.165, 1.54) is 0 Å². The minimum absolute atomic E-state index is 0.228. The molecule has 0 atom stereocenters. The fourth-order valence-corrected chi connectivity index (χ4v) is 1.95. The smallest absolute Gasteiger partial charge is 0.164 e. The maximum absolute atomic E-state index is 11.9. The van der Waals surface area contributed by atoms with Crippen molar-refractivity contribution in [1.82, 2.24) is 4.90 Å². The summed E-state index contributed by atoms with van der Waals surface area (Å²) in [5.41, 5.74) is 1.10. The molecule has 0 amide bonds. The molecule has 2 nitrogen and oxygen atoms in total. The average molecular weight is 233 g/mol. The van der Waals surface area contributed by atoms with Crippen molar-refractivity contribution >= 4 is 5.78 Å². The van der Waals surface area contributed by atoms with E-state index >= 15 is 0 Å². The quantitative estimate of drug-likeness (QED) is 0.728. The lowest BCUT2D eigenvalue weighted by Gasteiger charge is -2.26. The normalized spacial score (nSPS) is 11.8. The van der Waals surface area contributed by atoms with Crippen LogP contribution >= 0.6 is 0 Å². The Kier molecular flexibility index (Phi) is 4.88. The molecule has 2 heteroatoms. The lowest BCUT2D eigenvalue weighted by Crippen LogP contribution is -2.31. The third-order valence-electron chi connectivity index (χ3n) is 2.56. The molecule has 0 radical (unpaired) electrons. The van der Waals surface area contributed by atoms with E-state index in [4.69, 9.17) is 0 Å². The number of hydrogen-bond acceptors (Lipinski definition) is 2. The van der Waals surface area contributed by atoms with E-state index in [-0.39, 0.29) is 11.2 Å². The summed E-state index contributed by atoms with van der Waals surface area (Å²) in [6.45, 7) is 8.47. The van der Waals surface area contributed by atoms with E-state index in [2.05, 4.69) is 32.7 Å². The number of nitrogens with zero attached hydrogens (tertiary/aromatic N) is 1. The van der Waals surface area contributed by atoms with Gasteiger partial charge < -0.3 is 4.90 Å². The Balaban J connectivity index is 2.39. The highest BCUT2D eigenvalue weighted by Crippen LogP contribution is 2.14. The molecular formula is C15H23NO. The van der Waals surface area contributed by atoms with Crippen molar-refractivity contribution in [2.75, 3.05) is 20.1 Å². The minimum Gasteiger partial charge on any atom is -0.305 e. The van der Waals surface area contributed by atoms with E-state index in [1.807, 2.05) is 30.3 Å². The van der Waals surface area contributed by atoms with Gasteiger partial charge in [0.25, 0.3) is 0 Å². The molecule has 0 N–H and O–H groups in total. The summed E-state index contributed by atoms with van der Waals surface area (Å²) in [4.78, 5) is 14.1. The topological polar surface area (TPSA) is 20.3 Å².